The Morgan fingerprint density at radius 3 is 2.22 bits per heavy atom. The maximum Gasteiger partial charge on any atom is 0.264 e. The Bertz CT molecular complexity index is 710. The number of nitrogens with one attached hydrogen (secondary N) is 1. The number of hydrogen-bond acceptors (Lipinski definition) is 4. The van der Waals surface area contributed by atoms with Crippen LogP contribution < -0.4 is 5.56 Å². The number of nitrogens with zero attached hydrogens (tertiary/aromatic N) is 3. The first-order valence-electron chi connectivity index (χ1n) is 10.7. The van der Waals surface area contributed by atoms with Gasteiger partial charge in [0.25, 0.3) is 5.56 Å². The van der Waals surface area contributed by atoms with Crippen LogP contribution in [0.5, 0.6) is 0 Å². The zero-order valence-electron chi connectivity index (χ0n) is 16.0. The van der Waals surface area contributed by atoms with Gasteiger partial charge in [0.05, 0.1) is 5.69 Å². The summed E-state index contributed by atoms with van der Waals surface area (Å²) in [6.07, 6.45) is 9.73. The SMILES string of the molecule is O=C(CCc1ccc(=O)[nH]n1)N1CCN(C23CC4CC(CC(C4)C2)C3)CC1. The lowest BCUT2D eigenvalue weighted by atomic mass is 9.52. The number of rotatable bonds is 4. The number of carbonyl (C=O) groups is 1. The minimum atomic E-state index is -0.203. The van der Waals surface area contributed by atoms with Crippen LogP contribution in [0.25, 0.3) is 0 Å². The van der Waals surface area contributed by atoms with Gasteiger partial charge in [0.2, 0.25) is 5.91 Å². The Morgan fingerprint density at radius 2 is 1.67 bits per heavy atom. The number of hydrogen-bond donors (Lipinski definition) is 1. The molecule has 27 heavy (non-hydrogen) atoms. The summed E-state index contributed by atoms with van der Waals surface area (Å²) in [6, 6.07) is 3.17. The first-order chi connectivity index (χ1) is 13.1. The molecule has 1 N–H and O–H groups in total. The highest BCUT2D eigenvalue weighted by molar-refractivity contribution is 5.76. The van der Waals surface area contributed by atoms with Crippen LogP contribution >= 0.6 is 0 Å². The highest BCUT2D eigenvalue weighted by Crippen LogP contribution is 2.57. The van der Waals surface area contributed by atoms with Gasteiger partial charge in [-0.25, -0.2) is 5.10 Å². The summed E-state index contributed by atoms with van der Waals surface area (Å²) >= 11 is 0. The molecule has 0 radical (unpaired) electrons. The maximum atomic E-state index is 12.6. The molecule has 6 nitrogen and oxygen atoms in total. The van der Waals surface area contributed by atoms with E-state index in [1.165, 1.54) is 44.6 Å². The molecule has 4 bridgehead atoms. The smallest absolute Gasteiger partial charge is 0.264 e. The molecule has 6 heteroatoms. The Kier molecular flexibility index (Phi) is 4.34. The quantitative estimate of drug-likeness (QED) is 0.878. The van der Waals surface area contributed by atoms with Gasteiger partial charge in [0, 0.05) is 50.6 Å². The predicted octanol–water partition coefficient (Wildman–Crippen LogP) is 1.82. The summed E-state index contributed by atoms with van der Waals surface area (Å²) in [5.74, 6) is 3.13. The Hall–Kier alpha value is -1.69. The fraction of sp³-hybridized carbons (Fsp3) is 0.762. The third-order valence-corrected chi connectivity index (χ3v) is 7.64. The van der Waals surface area contributed by atoms with Crippen molar-refractivity contribution in [3.05, 3.63) is 28.2 Å². The normalized spacial score (nSPS) is 35.6. The lowest BCUT2D eigenvalue weighted by molar-refractivity contribution is -0.138. The van der Waals surface area contributed by atoms with E-state index in [0.29, 0.717) is 18.4 Å². The van der Waals surface area contributed by atoms with E-state index in [4.69, 9.17) is 0 Å². The average Bonchev–Trinajstić information content (AvgIpc) is 2.66. The number of amides is 1. The third kappa shape index (κ3) is 3.33. The Balaban J connectivity index is 1.15. The zero-order chi connectivity index (χ0) is 18.4. The molecule has 0 spiro atoms. The standard InChI is InChI=1S/C21H30N4O2/c26-19-3-1-18(22-23-19)2-4-20(27)24-5-7-25(8-6-24)21-12-15-9-16(13-21)11-17(10-15)14-21/h1,3,15-17H,2,4-14H2,(H,23,26). The van der Waals surface area contributed by atoms with Crippen molar-refractivity contribution in [1.29, 1.82) is 0 Å². The van der Waals surface area contributed by atoms with Gasteiger partial charge in [0.15, 0.2) is 0 Å². The number of aromatic nitrogens is 2. The Labute approximate surface area is 160 Å². The topological polar surface area (TPSA) is 69.3 Å². The summed E-state index contributed by atoms with van der Waals surface area (Å²) in [7, 11) is 0. The molecule has 4 saturated carbocycles. The highest BCUT2D eigenvalue weighted by Gasteiger charge is 2.53. The molecular weight excluding hydrogens is 340 g/mol. The van der Waals surface area contributed by atoms with E-state index in [1.54, 1.807) is 6.07 Å². The third-order valence-electron chi connectivity index (χ3n) is 7.64. The molecule has 4 aliphatic carbocycles. The van der Waals surface area contributed by atoms with Gasteiger partial charge in [-0.1, -0.05) is 0 Å². The molecule has 5 aliphatic rings. The molecule has 2 heterocycles. The van der Waals surface area contributed by atoms with E-state index >= 15 is 0 Å². The van der Waals surface area contributed by atoms with Crippen molar-refractivity contribution < 1.29 is 4.79 Å². The summed E-state index contributed by atoms with van der Waals surface area (Å²) < 4.78 is 0. The molecule has 6 rings (SSSR count). The van der Waals surface area contributed by atoms with E-state index in [0.717, 1.165) is 49.6 Å². The first kappa shape index (κ1) is 17.4. The molecule has 146 valence electrons. The minimum Gasteiger partial charge on any atom is -0.340 e. The summed E-state index contributed by atoms with van der Waals surface area (Å²) in [6.45, 7) is 3.79. The van der Waals surface area contributed by atoms with Gasteiger partial charge in [-0.2, -0.15) is 5.10 Å². The number of H-pyrrole nitrogens is 1. The highest BCUT2D eigenvalue weighted by atomic mass is 16.2. The van der Waals surface area contributed by atoms with Crippen LogP contribution in [0.4, 0.5) is 0 Å². The maximum absolute atomic E-state index is 12.6. The summed E-state index contributed by atoms with van der Waals surface area (Å²) in [5.41, 5.74) is 1.03. The zero-order valence-corrected chi connectivity index (χ0v) is 16.0. The number of piperazine rings is 1. The van der Waals surface area contributed by atoms with E-state index in [-0.39, 0.29) is 11.5 Å². The van der Waals surface area contributed by atoms with E-state index < -0.39 is 0 Å². The molecule has 1 aromatic heterocycles. The van der Waals surface area contributed by atoms with Crippen LogP contribution in [-0.4, -0.2) is 57.6 Å². The van der Waals surface area contributed by atoms with Crippen LogP contribution in [0.15, 0.2) is 16.9 Å². The van der Waals surface area contributed by atoms with Gasteiger partial charge in [-0.3, -0.25) is 14.5 Å². The predicted molar refractivity (Wildman–Crippen MR) is 102 cm³/mol. The fourth-order valence-corrected chi connectivity index (χ4v) is 6.79. The molecule has 1 aliphatic heterocycles. The molecular formula is C21H30N4O2. The summed E-state index contributed by atoms with van der Waals surface area (Å²) in [4.78, 5) is 28.5. The molecule has 5 fully saturated rings. The lowest BCUT2D eigenvalue weighted by Gasteiger charge is -2.61. The van der Waals surface area contributed by atoms with Crippen molar-refractivity contribution in [1.82, 2.24) is 20.0 Å². The number of aromatic amines is 1. The van der Waals surface area contributed by atoms with E-state index in [1.807, 2.05) is 4.90 Å². The van der Waals surface area contributed by atoms with Gasteiger partial charge < -0.3 is 4.90 Å². The molecule has 1 aromatic rings. The molecule has 0 unspecified atom stereocenters. The van der Waals surface area contributed by atoms with Gasteiger partial charge >= 0.3 is 0 Å². The monoisotopic (exact) mass is 370 g/mol. The van der Waals surface area contributed by atoms with Crippen molar-refractivity contribution in [2.45, 2.75) is 56.9 Å². The largest absolute Gasteiger partial charge is 0.340 e. The van der Waals surface area contributed by atoms with Crippen molar-refractivity contribution in [3.63, 3.8) is 0 Å². The van der Waals surface area contributed by atoms with Crippen molar-refractivity contribution in [2.75, 3.05) is 26.2 Å². The Morgan fingerprint density at radius 1 is 1.04 bits per heavy atom. The van der Waals surface area contributed by atoms with Gasteiger partial charge in [-0.15, -0.1) is 0 Å². The minimum absolute atomic E-state index is 0.203. The van der Waals surface area contributed by atoms with Gasteiger partial charge in [-0.05, 0) is 62.3 Å². The average molecular weight is 370 g/mol. The van der Waals surface area contributed by atoms with Crippen molar-refractivity contribution in [2.24, 2.45) is 17.8 Å². The molecule has 1 amide bonds. The lowest BCUT2D eigenvalue weighted by Crippen LogP contribution is -2.64. The molecule has 1 saturated heterocycles. The van der Waals surface area contributed by atoms with Crippen molar-refractivity contribution in [3.8, 4) is 0 Å². The summed E-state index contributed by atoms with van der Waals surface area (Å²) in [5, 5.41) is 6.43. The van der Waals surface area contributed by atoms with Crippen molar-refractivity contribution >= 4 is 5.91 Å². The number of carbonyl (C=O) groups excluding carboxylic acids is 1. The molecule has 0 atom stereocenters. The second-order valence-electron chi connectivity index (χ2n) is 9.42. The van der Waals surface area contributed by atoms with Crippen LogP contribution in [0.3, 0.4) is 0 Å². The second-order valence-corrected chi connectivity index (χ2v) is 9.42. The molecule has 0 aromatic carbocycles. The van der Waals surface area contributed by atoms with E-state index in [2.05, 4.69) is 15.1 Å². The first-order valence-corrected chi connectivity index (χ1v) is 10.7. The van der Waals surface area contributed by atoms with Crippen LogP contribution in [0.2, 0.25) is 0 Å². The van der Waals surface area contributed by atoms with E-state index in [9.17, 15) is 9.59 Å². The second kappa shape index (κ2) is 6.73. The van der Waals surface area contributed by atoms with Crippen LogP contribution in [0, 0.1) is 17.8 Å². The fourth-order valence-electron chi connectivity index (χ4n) is 6.79. The van der Waals surface area contributed by atoms with Crippen LogP contribution in [-0.2, 0) is 11.2 Å². The van der Waals surface area contributed by atoms with Gasteiger partial charge in [0.1, 0.15) is 0 Å². The van der Waals surface area contributed by atoms with Crippen LogP contribution in [0.1, 0.15) is 50.6 Å². The number of aryl methyl sites for hydroxylation is 1.